The van der Waals surface area contributed by atoms with Crippen molar-refractivity contribution in [2.45, 2.75) is 46.5 Å². The van der Waals surface area contributed by atoms with Crippen molar-refractivity contribution in [3.8, 4) is 67.5 Å². The van der Waals surface area contributed by atoms with Gasteiger partial charge in [0, 0.05) is 23.0 Å². The smallest absolute Gasteiger partial charge is 0.149 e. The molecule has 8 aromatic rings. The van der Waals surface area contributed by atoms with Gasteiger partial charge in [-0.25, -0.2) is 4.98 Å². The van der Waals surface area contributed by atoms with Crippen molar-refractivity contribution in [2.75, 3.05) is 0 Å². The molecule has 2 heterocycles. The number of rotatable bonds is 8. The maximum atomic E-state index is 11.2. The molecule has 0 amide bonds. The first-order chi connectivity index (χ1) is 26.1. The van der Waals surface area contributed by atoms with Crippen LogP contribution in [0.4, 0.5) is 0 Å². The van der Waals surface area contributed by atoms with E-state index in [0.717, 1.165) is 56.7 Å². The Kier molecular flexibility index (Phi) is 9.21. The summed E-state index contributed by atoms with van der Waals surface area (Å²) in [5.74, 6) is 1.36. The van der Waals surface area contributed by atoms with Crippen LogP contribution in [0.15, 0.2) is 158 Å². The lowest BCUT2D eigenvalue weighted by atomic mass is 9.83. The fraction of sp³-hybridized carbons (Fsp3) is 0.160. The fourth-order valence-electron chi connectivity index (χ4n) is 7.43. The number of aromatic nitrogens is 3. The van der Waals surface area contributed by atoms with Gasteiger partial charge in [0.15, 0.2) is 0 Å². The van der Waals surface area contributed by atoms with Crippen molar-refractivity contribution < 1.29 is 5.11 Å². The van der Waals surface area contributed by atoms with Gasteiger partial charge in [0.2, 0.25) is 0 Å². The predicted octanol–water partition coefficient (Wildman–Crippen LogP) is 13.0. The minimum Gasteiger partial charge on any atom is -0.507 e. The van der Waals surface area contributed by atoms with E-state index >= 15 is 0 Å². The van der Waals surface area contributed by atoms with E-state index in [1.807, 2.05) is 30.5 Å². The number of fused-ring (bicyclic) bond motifs is 1. The Morgan fingerprint density at radius 2 is 1.28 bits per heavy atom. The number of hydrogen-bond donors (Lipinski definition) is 1. The van der Waals surface area contributed by atoms with E-state index in [1.54, 1.807) is 6.07 Å². The molecule has 1 N–H and O–H groups in total. The van der Waals surface area contributed by atoms with Gasteiger partial charge in [0.1, 0.15) is 11.6 Å². The number of benzene rings is 6. The van der Waals surface area contributed by atoms with E-state index in [1.165, 1.54) is 22.3 Å². The van der Waals surface area contributed by atoms with Crippen LogP contribution in [0.2, 0.25) is 0 Å². The summed E-state index contributed by atoms with van der Waals surface area (Å²) in [6.45, 7) is 11.3. The molecule has 0 aliphatic rings. The molecule has 0 unspecified atom stereocenters. The molecular weight excluding hydrogens is 659 g/mol. The van der Waals surface area contributed by atoms with Gasteiger partial charge in [-0.1, -0.05) is 132 Å². The van der Waals surface area contributed by atoms with Gasteiger partial charge in [-0.15, -0.1) is 0 Å². The number of phenols is 1. The summed E-state index contributed by atoms with van der Waals surface area (Å²) < 4.78 is 2.21. The lowest BCUT2D eigenvalue weighted by molar-refractivity contribution is 0.477. The number of aromatic hydroxyl groups is 1. The van der Waals surface area contributed by atoms with Gasteiger partial charge >= 0.3 is 0 Å². The van der Waals surface area contributed by atoms with Crippen LogP contribution in [-0.4, -0.2) is 19.6 Å². The molecule has 4 nitrogen and oxygen atoms in total. The molecule has 0 radical (unpaired) electrons. The second kappa shape index (κ2) is 14.3. The molecule has 0 saturated carbocycles. The Morgan fingerprint density at radius 3 is 2.00 bits per heavy atom. The van der Waals surface area contributed by atoms with E-state index < -0.39 is 0 Å². The highest BCUT2D eigenvalue weighted by Gasteiger charge is 2.23. The number of phenolic OH excluding ortho intramolecular Hbond substituents is 1. The molecule has 0 saturated heterocycles. The third-order valence-electron chi connectivity index (χ3n) is 10.2. The normalized spacial score (nSPS) is 11.7. The van der Waals surface area contributed by atoms with E-state index in [9.17, 15) is 5.11 Å². The highest BCUT2D eigenvalue weighted by Crippen LogP contribution is 2.41. The van der Waals surface area contributed by atoms with Crippen LogP contribution >= 0.6 is 0 Å². The molecule has 0 aliphatic carbocycles. The van der Waals surface area contributed by atoms with Crippen molar-refractivity contribution >= 4 is 11.0 Å². The van der Waals surface area contributed by atoms with Crippen molar-refractivity contribution in [2.24, 2.45) is 5.92 Å². The van der Waals surface area contributed by atoms with E-state index in [2.05, 4.69) is 161 Å². The van der Waals surface area contributed by atoms with Gasteiger partial charge < -0.3 is 5.11 Å². The third kappa shape index (κ3) is 6.83. The van der Waals surface area contributed by atoms with E-state index in [4.69, 9.17) is 9.97 Å². The summed E-state index contributed by atoms with van der Waals surface area (Å²) in [7, 11) is 0. The average Bonchev–Trinajstić information content (AvgIpc) is 3.58. The molecular formula is C50H45N3O. The van der Waals surface area contributed by atoms with Gasteiger partial charge in [-0.05, 0) is 111 Å². The molecule has 0 atom stereocenters. The minimum absolute atomic E-state index is 0.108. The van der Waals surface area contributed by atoms with Crippen molar-refractivity contribution in [3.05, 3.63) is 169 Å². The molecule has 4 heteroatoms. The molecule has 8 rings (SSSR count). The number of para-hydroxylation sites is 2. The van der Waals surface area contributed by atoms with Gasteiger partial charge in [0.25, 0.3) is 0 Å². The SMILES string of the molecule is CC(C)Cc1cc(-n2c(-c3ccccc3O)nc3c(-c4cc(-c5cc(-c6ccccc6)ccn5)cc(C(C)(C)C)c4)cccc32)ccc1-c1ccccc1. The molecule has 0 fully saturated rings. The van der Waals surface area contributed by atoms with Crippen molar-refractivity contribution in [1.82, 2.24) is 14.5 Å². The van der Waals surface area contributed by atoms with Crippen LogP contribution in [0.25, 0.3) is 72.7 Å². The largest absolute Gasteiger partial charge is 0.507 e. The van der Waals surface area contributed by atoms with Crippen LogP contribution in [0.5, 0.6) is 5.75 Å². The Bertz CT molecular complexity index is 2590. The fourth-order valence-corrected chi connectivity index (χ4v) is 7.43. The average molecular weight is 704 g/mol. The summed E-state index contributed by atoms with van der Waals surface area (Å²) in [5.41, 5.74) is 14.7. The van der Waals surface area contributed by atoms with E-state index in [-0.39, 0.29) is 11.2 Å². The number of nitrogens with zero attached hydrogens (tertiary/aromatic N) is 3. The van der Waals surface area contributed by atoms with E-state index in [0.29, 0.717) is 17.3 Å². The zero-order valence-corrected chi connectivity index (χ0v) is 31.6. The zero-order chi connectivity index (χ0) is 37.4. The van der Waals surface area contributed by atoms with Gasteiger partial charge in [-0.2, -0.15) is 0 Å². The summed E-state index contributed by atoms with van der Waals surface area (Å²) in [5, 5.41) is 11.2. The minimum atomic E-state index is -0.108. The van der Waals surface area contributed by atoms with Crippen LogP contribution in [-0.2, 0) is 11.8 Å². The summed E-state index contributed by atoms with van der Waals surface area (Å²) in [4.78, 5) is 10.3. The van der Waals surface area contributed by atoms with Crippen LogP contribution in [0.1, 0.15) is 45.7 Å². The molecule has 266 valence electrons. The maximum absolute atomic E-state index is 11.2. The first kappa shape index (κ1) is 34.8. The topological polar surface area (TPSA) is 50.9 Å². The molecule has 6 aromatic carbocycles. The molecule has 2 aromatic heterocycles. The van der Waals surface area contributed by atoms with Gasteiger partial charge in [0.05, 0.1) is 22.3 Å². The van der Waals surface area contributed by atoms with Crippen molar-refractivity contribution in [1.29, 1.82) is 0 Å². The molecule has 0 aliphatic heterocycles. The second-order valence-corrected chi connectivity index (χ2v) is 15.6. The number of pyridine rings is 1. The molecule has 54 heavy (non-hydrogen) atoms. The van der Waals surface area contributed by atoms with Crippen LogP contribution in [0, 0.1) is 5.92 Å². The van der Waals surface area contributed by atoms with Crippen molar-refractivity contribution in [3.63, 3.8) is 0 Å². The Balaban J connectivity index is 1.35. The molecule has 0 spiro atoms. The second-order valence-electron chi connectivity index (χ2n) is 15.6. The quantitative estimate of drug-likeness (QED) is 0.171. The standard InChI is InChI=1S/C50H45N3O/c1-33(2)27-37-31-41(23-24-42(37)35-17-10-7-11-18-35)53-46-21-14-20-43(48(46)52-49(53)44-19-12-13-22-47(44)54)38-28-39(30-40(29-38)50(3,4)5)45-32-36(25-26-51-45)34-15-8-6-9-16-34/h6-26,28-33,54H,27H2,1-5H3. The lowest BCUT2D eigenvalue weighted by Gasteiger charge is -2.22. The van der Waals surface area contributed by atoms with Crippen LogP contribution in [0.3, 0.4) is 0 Å². The Labute approximate surface area is 318 Å². The Morgan fingerprint density at radius 1 is 0.593 bits per heavy atom. The zero-order valence-electron chi connectivity index (χ0n) is 31.6. The highest BCUT2D eigenvalue weighted by molar-refractivity contribution is 5.97. The first-order valence-electron chi connectivity index (χ1n) is 18.8. The summed E-state index contributed by atoms with van der Waals surface area (Å²) >= 11 is 0. The highest BCUT2D eigenvalue weighted by atomic mass is 16.3. The third-order valence-corrected chi connectivity index (χ3v) is 10.2. The Hall–Kier alpha value is -6.26. The lowest BCUT2D eigenvalue weighted by Crippen LogP contribution is -2.11. The number of imidazole rings is 1. The summed E-state index contributed by atoms with van der Waals surface area (Å²) in [6, 6.07) is 52.8. The summed E-state index contributed by atoms with van der Waals surface area (Å²) in [6.07, 6.45) is 2.84. The first-order valence-corrected chi connectivity index (χ1v) is 18.8. The predicted molar refractivity (Wildman–Crippen MR) is 225 cm³/mol. The number of hydrogen-bond acceptors (Lipinski definition) is 3. The molecule has 0 bridgehead atoms. The maximum Gasteiger partial charge on any atom is 0.149 e. The monoisotopic (exact) mass is 703 g/mol. The van der Waals surface area contributed by atoms with Crippen LogP contribution < -0.4 is 0 Å². The van der Waals surface area contributed by atoms with Gasteiger partial charge in [-0.3, -0.25) is 9.55 Å².